The molecule has 0 saturated carbocycles. The number of likely N-dealkylation sites (N-methyl/N-ethyl adjacent to an activating group) is 1. The van der Waals surface area contributed by atoms with Gasteiger partial charge in [0.05, 0.1) is 0 Å². The van der Waals surface area contributed by atoms with Crippen molar-refractivity contribution in [1.29, 1.82) is 0 Å². The van der Waals surface area contributed by atoms with E-state index in [-0.39, 0.29) is 5.78 Å². The summed E-state index contributed by atoms with van der Waals surface area (Å²) in [5.41, 5.74) is 2.87. The number of rotatable bonds is 6. The number of halogens is 3. The van der Waals surface area contributed by atoms with Gasteiger partial charge in [-0.25, -0.2) is 4.98 Å². The van der Waals surface area contributed by atoms with Gasteiger partial charge in [0.1, 0.15) is 5.82 Å². The Morgan fingerprint density at radius 1 is 1.00 bits per heavy atom. The van der Waals surface area contributed by atoms with Gasteiger partial charge in [0.15, 0.2) is 0 Å². The molecule has 0 spiro atoms. The van der Waals surface area contributed by atoms with E-state index in [9.17, 15) is 13.2 Å². The fourth-order valence-electron chi connectivity index (χ4n) is 3.81. The second kappa shape index (κ2) is 8.80. The number of fused-ring (bicyclic) bond motifs is 1. The Morgan fingerprint density at radius 2 is 1.68 bits per heavy atom. The summed E-state index contributed by atoms with van der Waals surface area (Å²) in [5.74, 6) is -0.839. The number of aromatic nitrogens is 4. The topological polar surface area (TPSA) is 61.6 Å². The lowest BCUT2D eigenvalue weighted by atomic mass is 10.1. The summed E-state index contributed by atoms with van der Waals surface area (Å²) >= 11 is 0. The average Bonchev–Trinajstić information content (AvgIpc) is 3.18. The molecule has 0 bridgehead atoms. The van der Waals surface area contributed by atoms with E-state index >= 15 is 0 Å². The highest BCUT2D eigenvalue weighted by atomic mass is 19.4. The quantitative estimate of drug-likeness (QED) is 0.644. The van der Waals surface area contributed by atoms with Crippen LogP contribution in [0.25, 0.3) is 5.78 Å². The van der Waals surface area contributed by atoms with Gasteiger partial charge in [-0.15, -0.1) is 5.10 Å². The van der Waals surface area contributed by atoms with Crippen LogP contribution in [0.4, 0.5) is 19.0 Å². The molecule has 3 heterocycles. The van der Waals surface area contributed by atoms with Crippen LogP contribution < -0.4 is 5.32 Å². The number of nitrogens with one attached hydrogen (secondary N) is 1. The molecule has 0 radical (unpaired) electrons. The number of hydrogen-bond donors (Lipinski definition) is 1. The standard InChI is InChI=1S/C21H26F3N7/c1-3-29-8-10-30(11-9-29)14-17-7-5-4-6-16(17)13-25-18-12-15(2)26-20-27-19(21(22,23)24)28-31(18)20/h4-7,12,25H,3,8-11,13-14H2,1-2H3. The molecule has 0 aliphatic carbocycles. The van der Waals surface area contributed by atoms with Crippen molar-refractivity contribution in [3.05, 3.63) is 53.0 Å². The lowest BCUT2D eigenvalue weighted by Gasteiger charge is -2.34. The van der Waals surface area contributed by atoms with Crippen LogP contribution in [0, 0.1) is 6.92 Å². The van der Waals surface area contributed by atoms with Gasteiger partial charge in [0.25, 0.3) is 11.6 Å². The lowest BCUT2D eigenvalue weighted by molar-refractivity contribution is -0.144. The maximum atomic E-state index is 13.0. The Bertz CT molecular complexity index is 1040. The van der Waals surface area contributed by atoms with Gasteiger partial charge in [-0.1, -0.05) is 31.2 Å². The van der Waals surface area contributed by atoms with E-state index in [1.807, 2.05) is 18.2 Å². The van der Waals surface area contributed by atoms with Crippen LogP contribution in [0.2, 0.25) is 0 Å². The Balaban J connectivity index is 1.51. The van der Waals surface area contributed by atoms with Crippen LogP contribution in [0.15, 0.2) is 30.3 Å². The molecule has 1 fully saturated rings. The highest BCUT2D eigenvalue weighted by Gasteiger charge is 2.36. The summed E-state index contributed by atoms with van der Waals surface area (Å²) in [5, 5.41) is 6.84. The van der Waals surface area contributed by atoms with E-state index < -0.39 is 12.0 Å². The number of hydrogen-bond acceptors (Lipinski definition) is 6. The van der Waals surface area contributed by atoms with E-state index in [0.717, 1.165) is 49.3 Å². The van der Waals surface area contributed by atoms with Crippen LogP contribution in [-0.2, 0) is 19.3 Å². The van der Waals surface area contributed by atoms with Gasteiger partial charge in [-0.3, -0.25) is 4.90 Å². The van der Waals surface area contributed by atoms with Gasteiger partial charge in [-0.05, 0) is 24.6 Å². The summed E-state index contributed by atoms with van der Waals surface area (Å²) in [7, 11) is 0. The molecule has 1 aliphatic rings. The number of anilines is 1. The van der Waals surface area contributed by atoms with Gasteiger partial charge in [0.2, 0.25) is 0 Å². The molecule has 31 heavy (non-hydrogen) atoms. The monoisotopic (exact) mass is 433 g/mol. The predicted octanol–water partition coefficient (Wildman–Crippen LogP) is 3.20. The molecule has 4 rings (SSSR count). The van der Waals surface area contributed by atoms with E-state index in [1.54, 1.807) is 13.0 Å². The fraction of sp³-hybridized carbons (Fsp3) is 0.476. The van der Waals surface area contributed by atoms with E-state index in [1.165, 1.54) is 5.56 Å². The highest BCUT2D eigenvalue weighted by Crippen LogP contribution is 2.27. The zero-order valence-electron chi connectivity index (χ0n) is 17.7. The molecule has 3 aromatic rings. The van der Waals surface area contributed by atoms with Gasteiger partial charge in [0, 0.05) is 51.0 Å². The van der Waals surface area contributed by atoms with Crippen LogP contribution in [0.3, 0.4) is 0 Å². The first kappa shape index (κ1) is 21.5. The summed E-state index contributed by atoms with van der Waals surface area (Å²) in [6.07, 6.45) is -4.62. The SMILES string of the molecule is CCN1CCN(Cc2ccccc2CNc2cc(C)nc3nc(C(F)(F)F)nn23)CC1. The van der Waals surface area contributed by atoms with Crippen LogP contribution >= 0.6 is 0 Å². The molecular weight excluding hydrogens is 407 g/mol. The van der Waals surface area contributed by atoms with Gasteiger partial charge >= 0.3 is 6.18 Å². The third-order valence-electron chi connectivity index (χ3n) is 5.58. The molecule has 1 N–H and O–H groups in total. The lowest BCUT2D eigenvalue weighted by Crippen LogP contribution is -2.45. The smallest absolute Gasteiger partial charge is 0.366 e. The number of alkyl halides is 3. The first-order valence-corrected chi connectivity index (χ1v) is 10.4. The summed E-state index contributed by atoms with van der Waals surface area (Å²) in [4.78, 5) is 12.5. The molecule has 10 heteroatoms. The van der Waals surface area contributed by atoms with Crippen molar-refractivity contribution in [3.8, 4) is 0 Å². The average molecular weight is 433 g/mol. The Kier molecular flexibility index (Phi) is 6.10. The first-order valence-electron chi connectivity index (χ1n) is 10.4. The number of piperazine rings is 1. The predicted molar refractivity (Wildman–Crippen MR) is 112 cm³/mol. The molecule has 0 unspecified atom stereocenters. The van der Waals surface area contributed by atoms with Gasteiger partial charge < -0.3 is 10.2 Å². The molecule has 166 valence electrons. The number of nitrogens with zero attached hydrogens (tertiary/aromatic N) is 6. The van der Waals surface area contributed by atoms with Crippen LogP contribution in [0.1, 0.15) is 29.6 Å². The Morgan fingerprint density at radius 3 is 2.35 bits per heavy atom. The van der Waals surface area contributed by atoms with E-state index in [2.05, 4.69) is 43.2 Å². The second-order valence-electron chi connectivity index (χ2n) is 7.76. The van der Waals surface area contributed by atoms with Crippen molar-refractivity contribution in [1.82, 2.24) is 29.4 Å². The van der Waals surface area contributed by atoms with Crippen LogP contribution in [0.5, 0.6) is 0 Å². The zero-order chi connectivity index (χ0) is 22.0. The van der Waals surface area contributed by atoms with Crippen LogP contribution in [-0.4, -0.2) is 62.1 Å². The normalized spacial score (nSPS) is 16.2. The number of benzene rings is 1. The van der Waals surface area contributed by atoms with Crippen molar-refractivity contribution < 1.29 is 13.2 Å². The molecule has 1 aliphatic heterocycles. The van der Waals surface area contributed by atoms with Gasteiger partial charge in [-0.2, -0.15) is 22.7 Å². The summed E-state index contributed by atoms with van der Waals surface area (Å²) in [6, 6.07) is 9.81. The van der Waals surface area contributed by atoms with E-state index in [4.69, 9.17) is 0 Å². The minimum atomic E-state index is -4.62. The molecule has 1 aromatic carbocycles. The molecule has 0 atom stereocenters. The third kappa shape index (κ3) is 4.96. The maximum Gasteiger partial charge on any atom is 0.453 e. The summed E-state index contributed by atoms with van der Waals surface area (Å²) in [6.45, 7) is 10.5. The van der Waals surface area contributed by atoms with Crippen molar-refractivity contribution in [2.24, 2.45) is 0 Å². The maximum absolute atomic E-state index is 13.0. The van der Waals surface area contributed by atoms with Crippen molar-refractivity contribution in [2.45, 2.75) is 33.1 Å². The molecule has 0 amide bonds. The zero-order valence-corrected chi connectivity index (χ0v) is 17.7. The molecule has 1 saturated heterocycles. The fourth-order valence-corrected chi connectivity index (χ4v) is 3.81. The second-order valence-corrected chi connectivity index (χ2v) is 7.76. The third-order valence-corrected chi connectivity index (χ3v) is 5.58. The van der Waals surface area contributed by atoms with Crippen molar-refractivity contribution in [2.75, 3.05) is 38.0 Å². The van der Waals surface area contributed by atoms with Crippen molar-refractivity contribution in [3.63, 3.8) is 0 Å². The van der Waals surface area contributed by atoms with Crippen molar-refractivity contribution >= 4 is 11.6 Å². The Labute approximate surface area is 178 Å². The highest BCUT2D eigenvalue weighted by molar-refractivity contribution is 5.46. The molecular formula is C21H26F3N7. The minimum Gasteiger partial charge on any atom is -0.366 e. The minimum absolute atomic E-state index is 0.0723. The van der Waals surface area contributed by atoms with E-state index in [0.29, 0.717) is 18.1 Å². The summed E-state index contributed by atoms with van der Waals surface area (Å²) < 4.78 is 40.2. The largest absolute Gasteiger partial charge is 0.453 e. The first-order chi connectivity index (χ1) is 14.8. The Hall–Kier alpha value is -2.72. The number of aryl methyl sites for hydroxylation is 1. The molecule has 2 aromatic heterocycles. The molecule has 7 nitrogen and oxygen atoms in total.